The Labute approximate surface area is 194 Å². The highest BCUT2D eigenvalue weighted by molar-refractivity contribution is 6.32. The minimum Gasteiger partial charge on any atom is -0.480 e. The van der Waals surface area contributed by atoms with Crippen LogP contribution >= 0.6 is 11.6 Å². The highest BCUT2D eigenvalue weighted by atomic mass is 35.5. The standard InChI is InChI=1S/C22H22ClN7O3/c1-4-8-25-22(32)19-18(13(2)11-14-7-10-26-29(14)19)27-21(31)16-12-17(33-3)28-30(16)20-15(23)6-5-9-24-20/h5-7,9-12H,4,8H2,1-3H3,(H,25,32)(H,27,31). The van der Waals surface area contributed by atoms with E-state index in [-0.39, 0.29) is 29.0 Å². The van der Waals surface area contributed by atoms with Gasteiger partial charge in [-0.2, -0.15) is 5.10 Å². The van der Waals surface area contributed by atoms with Gasteiger partial charge in [0.2, 0.25) is 5.88 Å². The molecule has 4 aromatic heterocycles. The summed E-state index contributed by atoms with van der Waals surface area (Å²) < 4.78 is 8.02. The molecule has 170 valence electrons. The molecule has 0 spiro atoms. The van der Waals surface area contributed by atoms with Gasteiger partial charge in [-0.1, -0.05) is 18.5 Å². The number of aromatic nitrogens is 5. The number of hydrogen-bond donors (Lipinski definition) is 2. The lowest BCUT2D eigenvalue weighted by molar-refractivity contribution is 0.0947. The number of ether oxygens (including phenoxy) is 1. The quantitative estimate of drug-likeness (QED) is 0.431. The molecular weight excluding hydrogens is 446 g/mol. The van der Waals surface area contributed by atoms with Gasteiger partial charge < -0.3 is 15.4 Å². The SMILES string of the molecule is CCCNC(=O)c1c(NC(=O)c2cc(OC)nn2-c2ncccc2Cl)c(C)cc2ccnn12. The molecule has 0 saturated heterocycles. The second-order valence-electron chi connectivity index (χ2n) is 7.22. The third-order valence-corrected chi connectivity index (χ3v) is 5.23. The molecule has 2 N–H and O–H groups in total. The lowest BCUT2D eigenvalue weighted by Gasteiger charge is -2.16. The van der Waals surface area contributed by atoms with E-state index in [1.807, 2.05) is 19.9 Å². The molecule has 10 nitrogen and oxygen atoms in total. The molecule has 0 atom stereocenters. The number of methoxy groups -OCH3 is 1. The summed E-state index contributed by atoms with van der Waals surface area (Å²) in [6.45, 7) is 4.26. The van der Waals surface area contributed by atoms with Crippen molar-refractivity contribution < 1.29 is 14.3 Å². The molecule has 4 rings (SSSR count). The van der Waals surface area contributed by atoms with Gasteiger partial charge in [-0.3, -0.25) is 9.59 Å². The third-order valence-electron chi connectivity index (χ3n) is 4.94. The summed E-state index contributed by atoms with van der Waals surface area (Å²) in [5.41, 5.74) is 2.13. The van der Waals surface area contributed by atoms with E-state index in [9.17, 15) is 9.59 Å². The van der Waals surface area contributed by atoms with Crippen LogP contribution < -0.4 is 15.4 Å². The normalized spacial score (nSPS) is 10.9. The van der Waals surface area contributed by atoms with E-state index in [1.165, 1.54) is 22.4 Å². The second kappa shape index (κ2) is 9.29. The van der Waals surface area contributed by atoms with Crippen molar-refractivity contribution in [3.63, 3.8) is 0 Å². The summed E-state index contributed by atoms with van der Waals surface area (Å²) >= 11 is 6.28. The van der Waals surface area contributed by atoms with E-state index in [2.05, 4.69) is 25.8 Å². The predicted octanol–water partition coefficient (Wildman–Crippen LogP) is 3.28. The number of carbonyl (C=O) groups is 2. The minimum absolute atomic E-state index is 0.132. The van der Waals surface area contributed by atoms with Crippen LogP contribution in [0.2, 0.25) is 5.02 Å². The highest BCUT2D eigenvalue weighted by Crippen LogP contribution is 2.26. The molecule has 2 amide bonds. The Bertz CT molecular complexity index is 1350. The summed E-state index contributed by atoms with van der Waals surface area (Å²) in [5.74, 6) is -0.384. The maximum Gasteiger partial charge on any atom is 0.274 e. The van der Waals surface area contributed by atoms with Gasteiger partial charge in [-0.05, 0) is 43.2 Å². The molecule has 11 heteroatoms. The Balaban J connectivity index is 1.79. The largest absolute Gasteiger partial charge is 0.480 e. The summed E-state index contributed by atoms with van der Waals surface area (Å²) in [4.78, 5) is 30.6. The number of fused-ring (bicyclic) bond motifs is 1. The Kier molecular flexibility index (Phi) is 6.27. The smallest absolute Gasteiger partial charge is 0.274 e. The van der Waals surface area contributed by atoms with Crippen molar-refractivity contribution in [2.75, 3.05) is 19.0 Å². The monoisotopic (exact) mass is 467 g/mol. The summed E-state index contributed by atoms with van der Waals surface area (Å²) in [5, 5.41) is 14.6. The van der Waals surface area contributed by atoms with Crippen molar-refractivity contribution in [2.45, 2.75) is 20.3 Å². The van der Waals surface area contributed by atoms with Gasteiger partial charge >= 0.3 is 0 Å². The van der Waals surface area contributed by atoms with Crippen LogP contribution in [-0.2, 0) is 0 Å². The maximum absolute atomic E-state index is 13.4. The van der Waals surface area contributed by atoms with E-state index in [1.54, 1.807) is 30.6 Å². The van der Waals surface area contributed by atoms with Crippen molar-refractivity contribution in [1.82, 2.24) is 29.7 Å². The lowest BCUT2D eigenvalue weighted by atomic mass is 10.1. The van der Waals surface area contributed by atoms with Crippen molar-refractivity contribution in [2.24, 2.45) is 0 Å². The van der Waals surface area contributed by atoms with E-state index >= 15 is 0 Å². The van der Waals surface area contributed by atoms with Gasteiger partial charge in [-0.25, -0.2) is 14.2 Å². The van der Waals surface area contributed by atoms with Crippen LogP contribution in [0.4, 0.5) is 5.69 Å². The van der Waals surface area contributed by atoms with Gasteiger partial charge in [0.25, 0.3) is 11.8 Å². The topological polar surface area (TPSA) is 115 Å². The molecule has 4 heterocycles. The average Bonchev–Trinajstić information content (AvgIpc) is 3.45. The van der Waals surface area contributed by atoms with Gasteiger partial charge in [0, 0.05) is 18.8 Å². The number of hydrogen-bond acceptors (Lipinski definition) is 6. The summed E-state index contributed by atoms with van der Waals surface area (Å²) in [6.07, 6.45) is 3.91. The Hall–Kier alpha value is -3.92. The number of rotatable bonds is 7. The van der Waals surface area contributed by atoms with Crippen molar-refractivity contribution in [3.8, 4) is 11.7 Å². The van der Waals surface area contributed by atoms with Crippen molar-refractivity contribution >= 4 is 34.6 Å². The van der Waals surface area contributed by atoms with E-state index in [0.29, 0.717) is 22.8 Å². The molecule has 0 aliphatic heterocycles. The Morgan fingerprint density at radius 2 is 2.00 bits per heavy atom. The fourth-order valence-corrected chi connectivity index (χ4v) is 3.58. The van der Waals surface area contributed by atoms with E-state index in [0.717, 1.165) is 11.9 Å². The Morgan fingerprint density at radius 3 is 2.73 bits per heavy atom. The second-order valence-corrected chi connectivity index (χ2v) is 7.63. The van der Waals surface area contributed by atoms with Crippen LogP contribution in [0.25, 0.3) is 11.3 Å². The van der Waals surface area contributed by atoms with Crippen molar-refractivity contribution in [1.29, 1.82) is 0 Å². The third kappa shape index (κ3) is 4.24. The number of pyridine rings is 2. The molecule has 0 fully saturated rings. The summed E-state index contributed by atoms with van der Waals surface area (Å²) in [6, 6.07) is 8.42. The van der Waals surface area contributed by atoms with Gasteiger partial charge in [-0.15, -0.1) is 5.10 Å². The van der Waals surface area contributed by atoms with Crippen molar-refractivity contribution in [3.05, 3.63) is 64.7 Å². The average molecular weight is 468 g/mol. The van der Waals surface area contributed by atoms with Gasteiger partial charge in [0.15, 0.2) is 11.5 Å². The molecular formula is C22H22ClN7O3. The molecule has 0 radical (unpaired) electrons. The van der Waals surface area contributed by atoms with Crippen LogP contribution in [0.15, 0.2) is 42.7 Å². The molecule has 0 unspecified atom stereocenters. The van der Waals surface area contributed by atoms with Crippen LogP contribution in [0, 0.1) is 6.92 Å². The number of aryl methyl sites for hydroxylation is 1. The first kappa shape index (κ1) is 22.3. The number of halogens is 1. The number of amides is 2. The van der Waals surface area contributed by atoms with Crippen LogP contribution in [0.3, 0.4) is 0 Å². The molecule has 0 saturated carbocycles. The number of anilines is 1. The molecule has 33 heavy (non-hydrogen) atoms. The maximum atomic E-state index is 13.4. The molecule has 0 aliphatic rings. The zero-order valence-corrected chi connectivity index (χ0v) is 19.1. The van der Waals surface area contributed by atoms with Gasteiger partial charge in [0.05, 0.1) is 29.5 Å². The number of nitrogens with one attached hydrogen (secondary N) is 2. The predicted molar refractivity (Wildman–Crippen MR) is 123 cm³/mol. The van der Waals surface area contributed by atoms with Crippen LogP contribution in [0.1, 0.15) is 39.9 Å². The molecule has 0 aliphatic carbocycles. The zero-order valence-electron chi connectivity index (χ0n) is 18.3. The fourth-order valence-electron chi connectivity index (χ4n) is 3.38. The molecule has 0 bridgehead atoms. The first-order valence-electron chi connectivity index (χ1n) is 10.3. The zero-order chi connectivity index (χ0) is 23.5. The highest BCUT2D eigenvalue weighted by Gasteiger charge is 2.24. The Morgan fingerprint density at radius 1 is 1.18 bits per heavy atom. The van der Waals surface area contributed by atoms with E-state index in [4.69, 9.17) is 16.3 Å². The number of nitrogens with zero attached hydrogens (tertiary/aromatic N) is 5. The first-order chi connectivity index (χ1) is 15.9. The van der Waals surface area contributed by atoms with Crippen LogP contribution in [0.5, 0.6) is 5.88 Å². The number of carbonyl (C=O) groups excluding carboxylic acids is 2. The fraction of sp³-hybridized carbons (Fsp3) is 0.227. The molecule has 4 aromatic rings. The summed E-state index contributed by atoms with van der Waals surface area (Å²) in [7, 11) is 1.44. The van der Waals surface area contributed by atoms with Crippen LogP contribution in [-0.4, -0.2) is 49.8 Å². The van der Waals surface area contributed by atoms with E-state index < -0.39 is 5.91 Å². The first-order valence-corrected chi connectivity index (χ1v) is 10.6. The molecule has 0 aromatic carbocycles. The minimum atomic E-state index is -0.522. The lowest BCUT2D eigenvalue weighted by Crippen LogP contribution is -2.29. The van der Waals surface area contributed by atoms with Gasteiger partial charge in [0.1, 0.15) is 5.69 Å².